The summed E-state index contributed by atoms with van der Waals surface area (Å²) in [6.45, 7) is 4.14. The highest BCUT2D eigenvalue weighted by molar-refractivity contribution is 9.10. The largest absolute Gasteiger partial charge is 0.324 e. The van der Waals surface area contributed by atoms with Gasteiger partial charge in [-0.15, -0.1) is 16.4 Å². The molecule has 5 rings (SSSR count). The molecule has 10 heteroatoms. The second kappa shape index (κ2) is 10.7. The number of hydrogen-bond acceptors (Lipinski definition) is 5. The number of aromatic nitrogens is 3. The molecule has 7 nitrogen and oxygen atoms in total. The van der Waals surface area contributed by atoms with Crippen molar-refractivity contribution < 1.29 is 9.18 Å². The van der Waals surface area contributed by atoms with E-state index < -0.39 is 0 Å². The number of amides is 2. The van der Waals surface area contributed by atoms with Crippen molar-refractivity contribution in [2.75, 3.05) is 31.5 Å². The minimum Gasteiger partial charge on any atom is -0.322 e. The zero-order valence-corrected chi connectivity index (χ0v) is 21.3. The third-order valence-electron chi connectivity index (χ3n) is 5.80. The molecule has 0 unspecified atom stereocenters. The third-order valence-corrected chi connectivity index (χ3v) is 7.41. The molecule has 0 aliphatic carbocycles. The Morgan fingerprint density at radius 2 is 1.86 bits per heavy atom. The van der Waals surface area contributed by atoms with Gasteiger partial charge in [0, 0.05) is 47.0 Å². The van der Waals surface area contributed by atoms with Gasteiger partial charge in [0.25, 0.3) is 0 Å². The molecule has 1 N–H and O–H groups in total. The van der Waals surface area contributed by atoms with Crippen molar-refractivity contribution in [2.45, 2.75) is 13.1 Å². The number of nitrogens with zero attached hydrogens (tertiary/aromatic N) is 5. The summed E-state index contributed by atoms with van der Waals surface area (Å²) in [5, 5.41) is 7.06. The zero-order chi connectivity index (χ0) is 24.2. The van der Waals surface area contributed by atoms with Crippen LogP contribution in [0.5, 0.6) is 0 Å². The molecule has 3 heterocycles. The first-order chi connectivity index (χ1) is 17.0. The highest BCUT2D eigenvalue weighted by atomic mass is 79.9. The minimum absolute atomic E-state index is 0.207. The maximum atomic E-state index is 13.4. The number of piperazine rings is 1. The highest BCUT2D eigenvalue weighted by Crippen LogP contribution is 2.30. The van der Waals surface area contributed by atoms with Crippen LogP contribution in [0.2, 0.25) is 0 Å². The van der Waals surface area contributed by atoms with Gasteiger partial charge in [0.2, 0.25) is 5.95 Å². The first-order valence-electron chi connectivity index (χ1n) is 11.3. The summed E-state index contributed by atoms with van der Waals surface area (Å²) in [4.78, 5) is 23.6. The Balaban J connectivity index is 1.10. The van der Waals surface area contributed by atoms with E-state index in [-0.39, 0.29) is 17.8 Å². The Morgan fingerprint density at radius 3 is 2.66 bits per heavy atom. The van der Waals surface area contributed by atoms with E-state index in [9.17, 15) is 9.18 Å². The summed E-state index contributed by atoms with van der Waals surface area (Å²) in [5.74, 6) is -0.0493. The molecule has 0 atom stereocenters. The molecule has 1 fully saturated rings. The lowest BCUT2D eigenvalue weighted by molar-refractivity contribution is 0.143. The van der Waals surface area contributed by atoms with Crippen molar-refractivity contribution in [1.29, 1.82) is 0 Å². The fourth-order valence-electron chi connectivity index (χ4n) is 4.01. The lowest BCUT2D eigenvalue weighted by atomic mass is 10.2. The Kier molecular flexibility index (Phi) is 7.21. The van der Waals surface area contributed by atoms with Gasteiger partial charge in [0.15, 0.2) is 0 Å². The lowest BCUT2D eigenvalue weighted by Crippen LogP contribution is -2.49. The Hall–Kier alpha value is -3.08. The summed E-state index contributed by atoms with van der Waals surface area (Å²) in [6, 6.07) is 18.8. The highest BCUT2D eigenvalue weighted by Gasteiger charge is 2.22. The fraction of sp³-hybridized carbons (Fsp3) is 0.240. The summed E-state index contributed by atoms with van der Waals surface area (Å²) in [5.41, 5.74) is 1.99. The van der Waals surface area contributed by atoms with Crippen LogP contribution in [0.25, 0.3) is 10.4 Å². The molecular weight excluding hydrogens is 531 g/mol. The summed E-state index contributed by atoms with van der Waals surface area (Å²) >= 11 is 5.34. The van der Waals surface area contributed by atoms with Crippen LogP contribution in [0.15, 0.2) is 71.5 Å². The van der Waals surface area contributed by atoms with Gasteiger partial charge in [0.05, 0.1) is 6.54 Å². The van der Waals surface area contributed by atoms with Gasteiger partial charge in [-0.05, 0) is 47.5 Å². The van der Waals surface area contributed by atoms with Gasteiger partial charge in [-0.1, -0.05) is 40.2 Å². The molecule has 2 amide bonds. The second-order valence-corrected chi connectivity index (χ2v) is 10.4. The summed E-state index contributed by atoms with van der Waals surface area (Å²) in [6.07, 6.45) is 1.53. The van der Waals surface area contributed by atoms with Crippen LogP contribution in [-0.4, -0.2) is 56.8 Å². The van der Waals surface area contributed by atoms with Crippen LogP contribution in [0.1, 0.15) is 10.4 Å². The van der Waals surface area contributed by atoms with E-state index in [0.717, 1.165) is 29.7 Å². The van der Waals surface area contributed by atoms with Gasteiger partial charge in [-0.25, -0.2) is 18.9 Å². The number of carbonyl (C=O) groups excluding carboxylic acids is 1. The van der Waals surface area contributed by atoms with Crippen molar-refractivity contribution in [1.82, 2.24) is 24.6 Å². The molecular formula is C25H24BrFN6OS. The van der Waals surface area contributed by atoms with Crippen molar-refractivity contribution in [3.8, 4) is 10.4 Å². The number of halogens is 2. The number of benzene rings is 2. The third kappa shape index (κ3) is 6.14. The molecule has 0 saturated carbocycles. The summed E-state index contributed by atoms with van der Waals surface area (Å²) < 4.78 is 16.0. The van der Waals surface area contributed by atoms with E-state index in [1.165, 1.54) is 33.8 Å². The SMILES string of the molecule is O=C(Nc1ncn(Cc2cccc(F)c2)n1)N1CCN(Cc2ccc(-c3cccc(Br)c3)s2)CC1. The number of nitrogens with one attached hydrogen (secondary N) is 1. The molecule has 4 aromatic rings. The van der Waals surface area contributed by atoms with E-state index in [4.69, 9.17) is 0 Å². The molecule has 1 aliphatic rings. The number of hydrogen-bond donors (Lipinski definition) is 1. The zero-order valence-electron chi connectivity index (χ0n) is 18.9. The lowest BCUT2D eigenvalue weighted by Gasteiger charge is -2.34. The number of anilines is 1. The Bertz CT molecular complexity index is 1320. The average molecular weight is 555 g/mol. The topological polar surface area (TPSA) is 66.3 Å². The molecule has 2 aromatic carbocycles. The van der Waals surface area contributed by atoms with E-state index in [0.29, 0.717) is 19.6 Å². The van der Waals surface area contributed by atoms with E-state index >= 15 is 0 Å². The van der Waals surface area contributed by atoms with Crippen LogP contribution in [0.3, 0.4) is 0 Å². The quantitative estimate of drug-likeness (QED) is 0.351. The number of urea groups is 1. The van der Waals surface area contributed by atoms with E-state index in [1.807, 2.05) is 18.2 Å². The maximum Gasteiger partial charge on any atom is 0.324 e. The van der Waals surface area contributed by atoms with Crippen LogP contribution in [0.4, 0.5) is 15.1 Å². The van der Waals surface area contributed by atoms with Crippen molar-refractivity contribution >= 4 is 39.2 Å². The fourth-order valence-corrected chi connectivity index (χ4v) is 5.46. The predicted molar refractivity (Wildman–Crippen MR) is 139 cm³/mol. The van der Waals surface area contributed by atoms with Gasteiger partial charge in [0.1, 0.15) is 12.1 Å². The van der Waals surface area contributed by atoms with Crippen molar-refractivity contribution in [2.24, 2.45) is 0 Å². The minimum atomic E-state index is -0.292. The van der Waals surface area contributed by atoms with E-state index in [1.54, 1.807) is 27.0 Å². The normalized spacial score (nSPS) is 14.3. The van der Waals surface area contributed by atoms with E-state index in [2.05, 4.69) is 60.5 Å². The van der Waals surface area contributed by atoms with Crippen molar-refractivity contribution in [3.05, 3.63) is 87.7 Å². The van der Waals surface area contributed by atoms with Gasteiger partial charge < -0.3 is 4.90 Å². The number of rotatable bonds is 6. The maximum absolute atomic E-state index is 13.4. The van der Waals surface area contributed by atoms with Gasteiger partial charge in [-0.3, -0.25) is 10.2 Å². The monoisotopic (exact) mass is 554 g/mol. The molecule has 0 radical (unpaired) electrons. The van der Waals surface area contributed by atoms with Crippen LogP contribution in [0, 0.1) is 5.82 Å². The smallest absolute Gasteiger partial charge is 0.322 e. The first kappa shape index (κ1) is 23.7. The van der Waals surface area contributed by atoms with Crippen LogP contribution < -0.4 is 5.32 Å². The van der Waals surface area contributed by atoms with Crippen LogP contribution >= 0.6 is 27.3 Å². The predicted octanol–water partition coefficient (Wildman–Crippen LogP) is 5.31. The standard InChI is InChI=1S/C25H24BrFN6OS/c26-20-5-2-4-19(14-20)23-8-7-22(35-23)16-31-9-11-32(12-10-31)25(34)29-24-28-17-33(30-24)15-18-3-1-6-21(27)13-18/h1-8,13-14,17H,9-12,15-16H2,(H,29,30,34). The van der Waals surface area contributed by atoms with Gasteiger partial charge in [-0.2, -0.15) is 0 Å². The Morgan fingerprint density at radius 1 is 1.03 bits per heavy atom. The molecule has 0 bridgehead atoms. The molecule has 1 saturated heterocycles. The molecule has 180 valence electrons. The second-order valence-electron chi connectivity index (χ2n) is 8.37. The molecule has 2 aromatic heterocycles. The Labute approximate surface area is 215 Å². The molecule has 35 heavy (non-hydrogen) atoms. The number of thiophene rings is 1. The van der Waals surface area contributed by atoms with Gasteiger partial charge >= 0.3 is 6.03 Å². The number of carbonyl (C=O) groups is 1. The summed E-state index contributed by atoms with van der Waals surface area (Å²) in [7, 11) is 0. The molecule has 1 aliphatic heterocycles. The first-order valence-corrected chi connectivity index (χ1v) is 12.9. The average Bonchev–Trinajstić information content (AvgIpc) is 3.49. The molecule has 0 spiro atoms. The van der Waals surface area contributed by atoms with Crippen molar-refractivity contribution in [3.63, 3.8) is 0 Å². The van der Waals surface area contributed by atoms with Crippen LogP contribution in [-0.2, 0) is 13.1 Å².